The molecule has 1 fully saturated rings. The van der Waals surface area contributed by atoms with Crippen LogP contribution in [0.3, 0.4) is 0 Å². The normalized spacial score (nSPS) is 16.7. The zero-order chi connectivity index (χ0) is 13.6. The van der Waals surface area contributed by atoms with Crippen molar-refractivity contribution in [2.75, 3.05) is 19.8 Å². The third-order valence-electron chi connectivity index (χ3n) is 4.46. The van der Waals surface area contributed by atoms with E-state index in [1.807, 2.05) is 30.3 Å². The van der Waals surface area contributed by atoms with Gasteiger partial charge in [-0.3, -0.25) is 0 Å². The van der Waals surface area contributed by atoms with Crippen molar-refractivity contribution in [3.63, 3.8) is 0 Å². The predicted octanol–water partition coefficient (Wildman–Crippen LogP) is 2.62. The van der Waals surface area contributed by atoms with Gasteiger partial charge in [0.25, 0.3) is 0 Å². The molecule has 0 spiro atoms. The molecular formula is C16H24O3. The highest BCUT2D eigenvalue weighted by molar-refractivity contribution is 5.20. The maximum Gasteiger partial charge on any atom is 0.119 e. The van der Waals surface area contributed by atoms with Crippen molar-refractivity contribution < 1.29 is 14.9 Å². The molecule has 0 amide bonds. The summed E-state index contributed by atoms with van der Waals surface area (Å²) in [6.45, 7) is 0.639. The second kappa shape index (κ2) is 6.92. The first-order valence-corrected chi connectivity index (χ1v) is 7.20. The Hall–Kier alpha value is -1.06. The molecule has 3 nitrogen and oxygen atoms in total. The minimum Gasteiger partial charge on any atom is -0.494 e. The lowest BCUT2D eigenvalue weighted by Gasteiger charge is -2.35. The van der Waals surface area contributed by atoms with Gasteiger partial charge >= 0.3 is 0 Å². The summed E-state index contributed by atoms with van der Waals surface area (Å²) in [7, 11) is 0. The monoisotopic (exact) mass is 264 g/mol. The number of ether oxygens (including phenoxy) is 1. The molecule has 0 bridgehead atoms. The number of para-hydroxylation sites is 1. The highest BCUT2D eigenvalue weighted by atomic mass is 16.5. The molecule has 0 radical (unpaired) electrons. The van der Waals surface area contributed by atoms with Crippen LogP contribution < -0.4 is 4.74 Å². The van der Waals surface area contributed by atoms with Crippen LogP contribution in [0.25, 0.3) is 0 Å². The van der Waals surface area contributed by atoms with E-state index in [1.54, 1.807) is 0 Å². The molecule has 1 aliphatic rings. The van der Waals surface area contributed by atoms with Gasteiger partial charge < -0.3 is 14.9 Å². The first-order chi connectivity index (χ1) is 9.30. The van der Waals surface area contributed by atoms with E-state index in [9.17, 15) is 10.2 Å². The summed E-state index contributed by atoms with van der Waals surface area (Å²) in [5, 5.41) is 19.4. The van der Waals surface area contributed by atoms with Gasteiger partial charge in [0.15, 0.2) is 0 Å². The van der Waals surface area contributed by atoms with Gasteiger partial charge in [0.1, 0.15) is 5.75 Å². The van der Waals surface area contributed by atoms with Gasteiger partial charge in [-0.05, 0) is 37.3 Å². The van der Waals surface area contributed by atoms with E-state index in [-0.39, 0.29) is 18.6 Å². The second-order valence-corrected chi connectivity index (χ2v) is 5.57. The SMILES string of the molecule is OCC(CO)(CCOc1ccccc1)C1CCCC1. The Balaban J connectivity index is 1.89. The topological polar surface area (TPSA) is 49.7 Å². The molecule has 0 heterocycles. The van der Waals surface area contributed by atoms with Crippen LogP contribution in [0, 0.1) is 11.3 Å². The predicted molar refractivity (Wildman–Crippen MR) is 75.1 cm³/mol. The largest absolute Gasteiger partial charge is 0.494 e. The molecular weight excluding hydrogens is 240 g/mol. The lowest BCUT2D eigenvalue weighted by atomic mass is 9.73. The van der Waals surface area contributed by atoms with E-state index in [4.69, 9.17) is 4.74 Å². The molecule has 1 saturated carbocycles. The maximum atomic E-state index is 9.72. The highest BCUT2D eigenvalue weighted by Gasteiger charge is 2.39. The summed E-state index contributed by atoms with van der Waals surface area (Å²) >= 11 is 0. The van der Waals surface area contributed by atoms with Crippen molar-refractivity contribution in [2.45, 2.75) is 32.1 Å². The van der Waals surface area contributed by atoms with Crippen LogP contribution in [-0.2, 0) is 0 Å². The Morgan fingerprint density at radius 2 is 1.68 bits per heavy atom. The van der Waals surface area contributed by atoms with Crippen molar-refractivity contribution in [1.29, 1.82) is 0 Å². The average molecular weight is 264 g/mol. The van der Waals surface area contributed by atoms with Gasteiger partial charge in [-0.1, -0.05) is 31.0 Å². The third kappa shape index (κ3) is 3.48. The van der Waals surface area contributed by atoms with Crippen LogP contribution in [0.4, 0.5) is 0 Å². The van der Waals surface area contributed by atoms with Gasteiger partial charge in [-0.15, -0.1) is 0 Å². The molecule has 0 saturated heterocycles. The van der Waals surface area contributed by atoms with Crippen LogP contribution in [0.5, 0.6) is 5.75 Å². The molecule has 0 aliphatic heterocycles. The first-order valence-electron chi connectivity index (χ1n) is 7.20. The Morgan fingerprint density at radius 1 is 1.05 bits per heavy atom. The van der Waals surface area contributed by atoms with Gasteiger partial charge in [-0.2, -0.15) is 0 Å². The Bertz CT molecular complexity index is 354. The number of aliphatic hydroxyl groups excluding tert-OH is 2. The second-order valence-electron chi connectivity index (χ2n) is 5.57. The fourth-order valence-corrected chi connectivity index (χ4v) is 3.10. The molecule has 1 aromatic carbocycles. The van der Waals surface area contributed by atoms with E-state index >= 15 is 0 Å². The minimum atomic E-state index is -0.370. The van der Waals surface area contributed by atoms with Gasteiger partial charge in [0.05, 0.1) is 19.8 Å². The number of rotatable bonds is 7. The third-order valence-corrected chi connectivity index (χ3v) is 4.46. The molecule has 2 N–H and O–H groups in total. The Morgan fingerprint density at radius 3 is 2.26 bits per heavy atom. The molecule has 106 valence electrons. The molecule has 0 unspecified atom stereocenters. The maximum absolute atomic E-state index is 9.72. The summed E-state index contributed by atoms with van der Waals surface area (Å²) in [6.07, 6.45) is 5.37. The van der Waals surface area contributed by atoms with Gasteiger partial charge in [-0.25, -0.2) is 0 Å². The molecule has 0 atom stereocenters. The van der Waals surface area contributed by atoms with Crippen LogP contribution in [0.2, 0.25) is 0 Å². The number of hydrogen-bond donors (Lipinski definition) is 2. The van der Waals surface area contributed by atoms with Crippen molar-refractivity contribution in [3.8, 4) is 5.75 Å². The van der Waals surface area contributed by atoms with Crippen LogP contribution in [0.15, 0.2) is 30.3 Å². The van der Waals surface area contributed by atoms with E-state index in [0.29, 0.717) is 18.9 Å². The van der Waals surface area contributed by atoms with E-state index in [0.717, 1.165) is 18.6 Å². The molecule has 1 aromatic rings. The molecule has 0 aromatic heterocycles. The Labute approximate surface area is 115 Å². The van der Waals surface area contributed by atoms with Crippen molar-refractivity contribution >= 4 is 0 Å². The van der Waals surface area contributed by atoms with Crippen LogP contribution in [0.1, 0.15) is 32.1 Å². The molecule has 19 heavy (non-hydrogen) atoms. The van der Waals surface area contributed by atoms with Crippen molar-refractivity contribution in [2.24, 2.45) is 11.3 Å². The number of aliphatic hydroxyl groups is 2. The summed E-state index contributed by atoms with van der Waals surface area (Å²) in [6, 6.07) is 9.69. The van der Waals surface area contributed by atoms with Crippen molar-refractivity contribution in [1.82, 2.24) is 0 Å². The lowest BCUT2D eigenvalue weighted by molar-refractivity contribution is -0.0107. The summed E-state index contributed by atoms with van der Waals surface area (Å²) in [5.41, 5.74) is -0.370. The van der Waals surface area contributed by atoms with Gasteiger partial charge in [0.2, 0.25) is 0 Å². The van der Waals surface area contributed by atoms with E-state index in [2.05, 4.69) is 0 Å². The zero-order valence-electron chi connectivity index (χ0n) is 11.4. The number of hydrogen-bond acceptors (Lipinski definition) is 3. The Kier molecular flexibility index (Phi) is 5.23. The van der Waals surface area contributed by atoms with Crippen molar-refractivity contribution in [3.05, 3.63) is 30.3 Å². The van der Waals surface area contributed by atoms with E-state index in [1.165, 1.54) is 12.8 Å². The molecule has 3 heteroatoms. The first kappa shape index (κ1) is 14.4. The smallest absolute Gasteiger partial charge is 0.119 e. The fraction of sp³-hybridized carbons (Fsp3) is 0.625. The molecule has 2 rings (SSSR count). The number of benzene rings is 1. The fourth-order valence-electron chi connectivity index (χ4n) is 3.10. The summed E-state index contributed by atoms with van der Waals surface area (Å²) in [4.78, 5) is 0. The molecule has 1 aliphatic carbocycles. The van der Waals surface area contributed by atoms with E-state index < -0.39 is 0 Å². The highest BCUT2D eigenvalue weighted by Crippen LogP contribution is 2.41. The summed E-state index contributed by atoms with van der Waals surface area (Å²) in [5.74, 6) is 1.28. The van der Waals surface area contributed by atoms with Crippen LogP contribution in [-0.4, -0.2) is 30.0 Å². The lowest BCUT2D eigenvalue weighted by Crippen LogP contribution is -2.38. The van der Waals surface area contributed by atoms with Gasteiger partial charge in [0, 0.05) is 5.41 Å². The standard InChI is InChI=1S/C16H24O3/c17-12-16(13-18,14-6-4-5-7-14)10-11-19-15-8-2-1-3-9-15/h1-3,8-9,14,17-18H,4-7,10-13H2. The zero-order valence-corrected chi connectivity index (χ0v) is 11.4. The van der Waals surface area contributed by atoms with Crippen LogP contribution >= 0.6 is 0 Å². The quantitative estimate of drug-likeness (QED) is 0.796. The minimum absolute atomic E-state index is 0.0479. The summed E-state index contributed by atoms with van der Waals surface area (Å²) < 4.78 is 5.70. The average Bonchev–Trinajstić information content (AvgIpc) is 3.00.